The first kappa shape index (κ1) is 17.9. The molecule has 0 saturated heterocycles. The summed E-state index contributed by atoms with van der Waals surface area (Å²) in [5, 5.41) is 5.76. The Balaban J connectivity index is 1.62. The molecule has 128 valence electrons. The Kier molecular flexibility index (Phi) is 7.15. The van der Waals surface area contributed by atoms with Crippen molar-refractivity contribution in [2.45, 2.75) is 32.8 Å². The molecule has 0 unspecified atom stereocenters. The van der Waals surface area contributed by atoms with E-state index in [0.29, 0.717) is 13.1 Å². The van der Waals surface area contributed by atoms with Crippen LogP contribution in [-0.4, -0.2) is 25.2 Å². The van der Waals surface area contributed by atoms with Gasteiger partial charge in [0, 0.05) is 13.1 Å². The number of ether oxygens (including phenoxy) is 1. The third-order valence-electron chi connectivity index (χ3n) is 3.54. The molecule has 2 aromatic rings. The summed E-state index contributed by atoms with van der Waals surface area (Å²) in [6.45, 7) is 5.26. The van der Waals surface area contributed by atoms with Gasteiger partial charge < -0.3 is 15.4 Å². The molecular weight excluding hydrogens is 300 g/mol. The minimum absolute atomic E-state index is 0.120. The first-order valence-corrected chi connectivity index (χ1v) is 8.44. The molecule has 0 bridgehead atoms. The van der Waals surface area contributed by atoms with Gasteiger partial charge in [-0.05, 0) is 49.9 Å². The summed E-state index contributed by atoms with van der Waals surface area (Å²) in [4.78, 5) is 11.8. The highest BCUT2D eigenvalue weighted by Gasteiger charge is 2.01. The van der Waals surface area contributed by atoms with Gasteiger partial charge in [-0.3, -0.25) is 0 Å². The maximum atomic E-state index is 11.8. The minimum atomic E-state index is -0.120. The Morgan fingerprint density at radius 2 is 1.42 bits per heavy atom. The fraction of sp³-hybridized carbons (Fsp3) is 0.350. The smallest absolute Gasteiger partial charge is 0.314 e. The summed E-state index contributed by atoms with van der Waals surface area (Å²) >= 11 is 0. The van der Waals surface area contributed by atoms with Crippen LogP contribution in [0.15, 0.2) is 54.6 Å². The molecule has 0 aliphatic heterocycles. The molecule has 0 saturated carbocycles. The molecule has 4 nitrogen and oxygen atoms in total. The van der Waals surface area contributed by atoms with E-state index in [4.69, 9.17) is 4.74 Å². The zero-order valence-corrected chi connectivity index (χ0v) is 14.4. The van der Waals surface area contributed by atoms with E-state index in [0.717, 1.165) is 18.6 Å². The monoisotopic (exact) mass is 326 g/mol. The molecular formula is C20H26N2O2. The predicted octanol–water partition coefficient (Wildman–Crippen LogP) is 3.56. The number of benzene rings is 2. The van der Waals surface area contributed by atoms with Crippen molar-refractivity contribution in [3.05, 3.63) is 65.7 Å². The third kappa shape index (κ3) is 6.73. The minimum Gasteiger partial charge on any atom is -0.491 e. The van der Waals surface area contributed by atoms with Gasteiger partial charge in [0.1, 0.15) is 5.75 Å². The Morgan fingerprint density at radius 3 is 1.96 bits per heavy atom. The number of hydrogen-bond acceptors (Lipinski definition) is 2. The Hall–Kier alpha value is -2.49. The van der Waals surface area contributed by atoms with Crippen LogP contribution in [0, 0.1) is 0 Å². The van der Waals surface area contributed by atoms with Gasteiger partial charge in [0.2, 0.25) is 0 Å². The van der Waals surface area contributed by atoms with Crippen molar-refractivity contribution in [2.75, 3.05) is 13.1 Å². The van der Waals surface area contributed by atoms with Gasteiger partial charge in [0.05, 0.1) is 6.10 Å². The Bertz CT molecular complexity index is 609. The van der Waals surface area contributed by atoms with Crippen LogP contribution in [0.2, 0.25) is 0 Å². The van der Waals surface area contributed by atoms with E-state index < -0.39 is 0 Å². The van der Waals surface area contributed by atoms with Crippen LogP contribution in [0.25, 0.3) is 0 Å². The Labute approximate surface area is 144 Å². The molecule has 0 aromatic heterocycles. The summed E-state index contributed by atoms with van der Waals surface area (Å²) in [6, 6.07) is 18.0. The van der Waals surface area contributed by atoms with Crippen molar-refractivity contribution in [3.8, 4) is 5.75 Å². The van der Waals surface area contributed by atoms with Gasteiger partial charge in [0.25, 0.3) is 0 Å². The van der Waals surface area contributed by atoms with Crippen molar-refractivity contribution in [2.24, 2.45) is 0 Å². The number of rotatable bonds is 8. The van der Waals surface area contributed by atoms with Gasteiger partial charge in [-0.25, -0.2) is 4.79 Å². The van der Waals surface area contributed by atoms with Crippen LogP contribution in [0.3, 0.4) is 0 Å². The summed E-state index contributed by atoms with van der Waals surface area (Å²) < 4.78 is 5.61. The molecule has 2 amide bonds. The van der Waals surface area contributed by atoms with Crippen molar-refractivity contribution >= 4 is 6.03 Å². The molecule has 0 heterocycles. The van der Waals surface area contributed by atoms with Crippen molar-refractivity contribution in [3.63, 3.8) is 0 Å². The fourth-order valence-electron chi connectivity index (χ4n) is 2.35. The quantitative estimate of drug-likeness (QED) is 0.779. The zero-order chi connectivity index (χ0) is 17.2. The second kappa shape index (κ2) is 9.60. The van der Waals surface area contributed by atoms with Crippen LogP contribution < -0.4 is 15.4 Å². The molecule has 4 heteroatoms. The molecule has 2 aromatic carbocycles. The van der Waals surface area contributed by atoms with Gasteiger partial charge in [-0.15, -0.1) is 0 Å². The SMILES string of the molecule is CC(C)Oc1ccc(CCNC(=O)NCCc2ccccc2)cc1. The normalized spacial score (nSPS) is 10.5. The van der Waals surface area contributed by atoms with Gasteiger partial charge in [0.15, 0.2) is 0 Å². The highest BCUT2D eigenvalue weighted by Crippen LogP contribution is 2.13. The molecule has 24 heavy (non-hydrogen) atoms. The van der Waals surface area contributed by atoms with Crippen LogP contribution in [0.4, 0.5) is 4.79 Å². The molecule has 2 rings (SSSR count). The largest absolute Gasteiger partial charge is 0.491 e. The topological polar surface area (TPSA) is 50.4 Å². The van der Waals surface area contributed by atoms with E-state index >= 15 is 0 Å². The lowest BCUT2D eigenvalue weighted by atomic mass is 10.1. The lowest BCUT2D eigenvalue weighted by Crippen LogP contribution is -2.37. The lowest BCUT2D eigenvalue weighted by Gasteiger charge is -2.10. The highest BCUT2D eigenvalue weighted by atomic mass is 16.5. The third-order valence-corrected chi connectivity index (χ3v) is 3.54. The average Bonchev–Trinajstić information content (AvgIpc) is 2.57. The summed E-state index contributed by atoms with van der Waals surface area (Å²) in [5.74, 6) is 0.875. The standard InChI is InChI=1S/C20H26N2O2/c1-16(2)24-19-10-8-18(9-11-19)13-15-22-20(23)21-14-12-17-6-4-3-5-7-17/h3-11,16H,12-15H2,1-2H3,(H2,21,22,23). The summed E-state index contributed by atoms with van der Waals surface area (Å²) in [5.41, 5.74) is 2.40. The van der Waals surface area contributed by atoms with Crippen molar-refractivity contribution in [1.82, 2.24) is 10.6 Å². The highest BCUT2D eigenvalue weighted by molar-refractivity contribution is 5.73. The molecule has 0 aliphatic rings. The number of carbonyl (C=O) groups excluding carboxylic acids is 1. The van der Waals surface area contributed by atoms with Crippen LogP contribution in [-0.2, 0) is 12.8 Å². The maximum Gasteiger partial charge on any atom is 0.314 e. The van der Waals surface area contributed by atoms with Crippen molar-refractivity contribution < 1.29 is 9.53 Å². The van der Waals surface area contributed by atoms with E-state index in [1.165, 1.54) is 11.1 Å². The predicted molar refractivity (Wildman–Crippen MR) is 97.5 cm³/mol. The van der Waals surface area contributed by atoms with Crippen molar-refractivity contribution in [1.29, 1.82) is 0 Å². The first-order chi connectivity index (χ1) is 11.6. The van der Waals surface area contributed by atoms with Crippen LogP contribution in [0.1, 0.15) is 25.0 Å². The number of carbonyl (C=O) groups is 1. The van der Waals surface area contributed by atoms with Gasteiger partial charge in [-0.1, -0.05) is 42.5 Å². The van der Waals surface area contributed by atoms with E-state index in [9.17, 15) is 4.79 Å². The van der Waals surface area contributed by atoms with Gasteiger partial charge in [-0.2, -0.15) is 0 Å². The average molecular weight is 326 g/mol. The summed E-state index contributed by atoms with van der Waals surface area (Å²) in [7, 11) is 0. The maximum absolute atomic E-state index is 11.8. The van der Waals surface area contributed by atoms with Crippen LogP contribution >= 0.6 is 0 Å². The van der Waals surface area contributed by atoms with Gasteiger partial charge >= 0.3 is 6.03 Å². The second-order valence-electron chi connectivity index (χ2n) is 5.98. The lowest BCUT2D eigenvalue weighted by molar-refractivity contribution is 0.240. The Morgan fingerprint density at radius 1 is 0.875 bits per heavy atom. The molecule has 2 N–H and O–H groups in total. The first-order valence-electron chi connectivity index (χ1n) is 8.44. The number of nitrogens with one attached hydrogen (secondary N) is 2. The summed E-state index contributed by atoms with van der Waals surface area (Å²) in [6.07, 6.45) is 1.82. The van der Waals surface area contributed by atoms with E-state index in [2.05, 4.69) is 22.8 Å². The number of amides is 2. The number of urea groups is 1. The fourth-order valence-corrected chi connectivity index (χ4v) is 2.35. The van der Waals surface area contributed by atoms with E-state index in [1.807, 2.05) is 56.3 Å². The molecule has 0 spiro atoms. The second-order valence-corrected chi connectivity index (χ2v) is 5.98. The molecule has 0 aliphatic carbocycles. The van der Waals surface area contributed by atoms with E-state index in [1.54, 1.807) is 0 Å². The molecule has 0 radical (unpaired) electrons. The molecule has 0 fully saturated rings. The number of hydrogen-bond donors (Lipinski definition) is 2. The molecule has 0 atom stereocenters. The van der Waals surface area contributed by atoms with E-state index in [-0.39, 0.29) is 12.1 Å². The van der Waals surface area contributed by atoms with Crippen LogP contribution in [0.5, 0.6) is 5.75 Å². The zero-order valence-electron chi connectivity index (χ0n) is 14.4.